The van der Waals surface area contributed by atoms with Gasteiger partial charge in [-0.15, -0.1) is 0 Å². The Kier molecular flexibility index (Phi) is 31.4. The number of hydrogen-bond acceptors (Lipinski definition) is 18. The Balaban J connectivity index is -0.000000540. The second kappa shape index (κ2) is 22.2. The molecule has 0 aromatic carbocycles. The quantitative estimate of drug-likeness (QED) is 0.0789. The molecule has 0 amide bonds. The van der Waals surface area contributed by atoms with Crippen LogP contribution in [0.5, 0.6) is 0 Å². The molecule has 42 heavy (non-hydrogen) atoms. The predicted octanol–water partition coefficient (Wildman–Crippen LogP) is -7.16. The zero-order valence-corrected chi connectivity index (χ0v) is 38.8. The maximum Gasteiger partial charge on any atom is 0.397 e. The summed E-state index contributed by atoms with van der Waals surface area (Å²) in [5.74, 6) is 0. The molecule has 0 saturated heterocycles. The average Bonchev–Trinajstić information content (AvgIpc) is 2.51. The van der Waals surface area contributed by atoms with Crippen molar-refractivity contribution in [3.63, 3.8) is 0 Å². The summed E-state index contributed by atoms with van der Waals surface area (Å²) < 4.78 is 211. The van der Waals surface area contributed by atoms with Gasteiger partial charge in [-0.25, -0.2) is 25.1 Å². The van der Waals surface area contributed by atoms with Crippen molar-refractivity contribution in [1.29, 1.82) is 0 Å². The summed E-state index contributed by atoms with van der Waals surface area (Å²) in [4.78, 5) is 0. The van der Waals surface area contributed by atoms with Gasteiger partial charge in [-0.3, -0.25) is 27.3 Å². The van der Waals surface area contributed by atoms with Crippen molar-refractivity contribution in [3.8, 4) is 0 Å². The molecule has 1 saturated carbocycles. The monoisotopic (exact) mass is 798 g/mol. The zero-order valence-electron chi connectivity index (χ0n) is 21.9. The van der Waals surface area contributed by atoms with Gasteiger partial charge in [0.15, 0.2) is 0 Å². The first-order chi connectivity index (χ1) is 15.6. The standard InChI is InChI=1S/C6H12O24S6.6Na/c7-31(8,9)25-1-2(26-32(10,11)12)4(28-34(16,17)18)6(30-36(22,23)24)5(29-35(19,20)21)3(1)27-33(13,14)15;;;;;;/h1-6H,(H,7,8,9)(H,10,11,12)(H,13,14,15)(H,16,17,18)(H,19,20,21)(H,22,23,24);;;;;;. The molecule has 222 valence electrons. The molecule has 1 aliphatic rings. The van der Waals surface area contributed by atoms with Crippen LogP contribution < -0.4 is 0 Å². The molecule has 0 aromatic heterocycles. The van der Waals surface area contributed by atoms with Crippen LogP contribution in [-0.4, -0.2) is 292 Å². The molecule has 36 heteroatoms. The second-order valence-corrected chi connectivity index (χ2v) is 12.2. The topological polar surface area (TPSA) is 382 Å². The third kappa shape index (κ3) is 25.2. The normalized spacial score (nSPS) is 25.0. The number of rotatable bonds is 12. The second-order valence-electron chi connectivity index (χ2n) is 5.93. The van der Waals surface area contributed by atoms with Gasteiger partial charge in [0.25, 0.3) is 0 Å². The molecule has 24 nitrogen and oxygen atoms in total. The average molecular weight is 798 g/mol. The fourth-order valence-electron chi connectivity index (χ4n) is 2.62. The van der Waals surface area contributed by atoms with Crippen molar-refractivity contribution in [2.75, 3.05) is 0 Å². The van der Waals surface area contributed by atoms with Crippen LogP contribution in [0.1, 0.15) is 0 Å². The van der Waals surface area contributed by atoms with Gasteiger partial charge >= 0.3 is 62.4 Å². The molecule has 0 unspecified atom stereocenters. The fraction of sp³-hybridized carbons (Fsp3) is 1.00. The Morgan fingerprint density at radius 1 is 0.262 bits per heavy atom. The van der Waals surface area contributed by atoms with Gasteiger partial charge in [-0.05, 0) is 0 Å². The van der Waals surface area contributed by atoms with E-state index in [4.69, 9.17) is 27.3 Å². The van der Waals surface area contributed by atoms with E-state index in [-0.39, 0.29) is 177 Å². The summed E-state index contributed by atoms with van der Waals surface area (Å²) in [5, 5.41) is 0. The van der Waals surface area contributed by atoms with E-state index in [0.29, 0.717) is 0 Å². The fourth-order valence-corrected chi connectivity index (χ4v) is 5.62. The minimum atomic E-state index is -6.04. The predicted molar refractivity (Wildman–Crippen MR) is 133 cm³/mol. The van der Waals surface area contributed by atoms with E-state index in [2.05, 4.69) is 25.1 Å². The summed E-state index contributed by atoms with van der Waals surface area (Å²) in [5.41, 5.74) is 0. The van der Waals surface area contributed by atoms with Gasteiger partial charge in [0.1, 0.15) is 36.6 Å². The zero-order chi connectivity index (χ0) is 28.7. The molecule has 1 fully saturated rings. The Morgan fingerprint density at radius 3 is 0.381 bits per heavy atom. The molecule has 0 aliphatic heterocycles. The summed E-state index contributed by atoms with van der Waals surface area (Å²) in [7, 11) is -36.3. The molecule has 0 bridgehead atoms. The third-order valence-corrected chi connectivity index (χ3v) is 6.13. The molecule has 0 atom stereocenters. The summed E-state index contributed by atoms with van der Waals surface area (Å²) >= 11 is 0. The summed E-state index contributed by atoms with van der Waals surface area (Å²) in [6.45, 7) is 0. The molecule has 1 aliphatic carbocycles. The smallest absolute Gasteiger partial charge is 0.264 e. The Hall–Kier alpha value is 5.22. The van der Waals surface area contributed by atoms with E-state index in [9.17, 15) is 50.5 Å². The van der Waals surface area contributed by atoms with E-state index in [1.807, 2.05) is 0 Å². The van der Waals surface area contributed by atoms with Gasteiger partial charge in [-0.1, -0.05) is 0 Å². The minimum absolute atomic E-state index is 0. The third-order valence-electron chi connectivity index (χ3n) is 3.34. The maximum absolute atomic E-state index is 11.2. The van der Waals surface area contributed by atoms with Crippen LogP contribution in [0.25, 0.3) is 0 Å². The molecule has 6 radical (unpaired) electrons. The van der Waals surface area contributed by atoms with Crippen LogP contribution in [0.3, 0.4) is 0 Å². The van der Waals surface area contributed by atoms with E-state index < -0.39 is 99.0 Å². The maximum atomic E-state index is 11.2. The van der Waals surface area contributed by atoms with Crippen LogP contribution in [0.2, 0.25) is 0 Å². The first kappa shape index (κ1) is 59.4. The van der Waals surface area contributed by atoms with E-state index in [1.54, 1.807) is 0 Å². The van der Waals surface area contributed by atoms with Crippen LogP contribution in [0, 0.1) is 0 Å². The SMILES string of the molecule is O=S(=O)(O)OC1C(OS(=O)(=O)O)C(OS(=O)(=O)O)C(OS(=O)(=O)O)C(OS(=O)(=O)O)C1OS(=O)(=O)O.[Na].[Na].[Na].[Na].[Na].[Na]. The van der Waals surface area contributed by atoms with Gasteiger partial charge < -0.3 is 0 Å². The first-order valence-electron chi connectivity index (χ1n) is 7.51. The van der Waals surface area contributed by atoms with Gasteiger partial charge in [0, 0.05) is 177 Å². The van der Waals surface area contributed by atoms with Crippen molar-refractivity contribution >= 4 is 240 Å². The summed E-state index contributed by atoms with van der Waals surface area (Å²) in [6, 6.07) is 0. The van der Waals surface area contributed by atoms with Gasteiger partial charge in [-0.2, -0.15) is 50.5 Å². The van der Waals surface area contributed by atoms with Crippen molar-refractivity contribution in [2.24, 2.45) is 0 Å². The van der Waals surface area contributed by atoms with Gasteiger partial charge in [0.05, 0.1) is 0 Å². The largest absolute Gasteiger partial charge is 0.397 e. The minimum Gasteiger partial charge on any atom is -0.264 e. The first-order valence-corrected chi connectivity index (χ1v) is 15.7. The molecule has 0 aromatic rings. The van der Waals surface area contributed by atoms with Crippen molar-refractivity contribution < 1.29 is 103 Å². The Bertz CT molecular complexity index is 1170. The Labute approximate surface area is 372 Å². The molecule has 6 N–H and O–H groups in total. The van der Waals surface area contributed by atoms with Crippen LogP contribution in [-0.2, 0) is 87.5 Å². The van der Waals surface area contributed by atoms with E-state index >= 15 is 0 Å². The van der Waals surface area contributed by atoms with Crippen LogP contribution in [0.15, 0.2) is 0 Å². The van der Waals surface area contributed by atoms with Gasteiger partial charge in [0.2, 0.25) is 0 Å². The molecule has 1 rings (SSSR count). The Morgan fingerprint density at radius 2 is 0.333 bits per heavy atom. The number of hydrogen-bond donors (Lipinski definition) is 6. The van der Waals surface area contributed by atoms with Crippen molar-refractivity contribution in [1.82, 2.24) is 0 Å². The molecule has 0 heterocycles. The van der Waals surface area contributed by atoms with Crippen molar-refractivity contribution in [2.45, 2.75) is 36.6 Å². The van der Waals surface area contributed by atoms with Crippen LogP contribution >= 0.6 is 0 Å². The molecular formula is C6H12Na6O24S6. The van der Waals surface area contributed by atoms with E-state index in [1.165, 1.54) is 0 Å². The summed E-state index contributed by atoms with van der Waals surface area (Å²) in [6.07, 6.45) is -20.4. The van der Waals surface area contributed by atoms with Crippen molar-refractivity contribution in [3.05, 3.63) is 0 Å². The molecule has 0 spiro atoms. The van der Waals surface area contributed by atoms with Crippen LogP contribution in [0.4, 0.5) is 0 Å². The molecular weight excluding hydrogens is 786 g/mol. The van der Waals surface area contributed by atoms with E-state index in [0.717, 1.165) is 0 Å².